The zero-order valence-electron chi connectivity index (χ0n) is 13.3. The van der Waals surface area contributed by atoms with Crippen LogP contribution in [0.1, 0.15) is 11.1 Å². The summed E-state index contributed by atoms with van der Waals surface area (Å²) in [5.41, 5.74) is 1.98. The highest BCUT2D eigenvalue weighted by atomic mass is 35.5. The molecular weight excluding hydrogens is 314 g/mol. The maximum absolute atomic E-state index is 11.9. The van der Waals surface area contributed by atoms with Gasteiger partial charge in [0, 0.05) is 11.6 Å². The van der Waals surface area contributed by atoms with Crippen molar-refractivity contribution in [3.63, 3.8) is 0 Å². The standard InChI is InChI=1S/C18H20ClNO3/c1-22-16-7-6-13(11-17(16)23-2)8-9-20-18(21)12-14-4-3-5-15(19)10-14/h3-7,10-11H,8-9,12H2,1-2H3,(H,20,21). The maximum atomic E-state index is 11.9. The van der Waals surface area contributed by atoms with Crippen LogP contribution in [0.3, 0.4) is 0 Å². The van der Waals surface area contributed by atoms with Gasteiger partial charge in [-0.3, -0.25) is 4.79 Å². The molecule has 1 N–H and O–H groups in total. The topological polar surface area (TPSA) is 47.6 Å². The maximum Gasteiger partial charge on any atom is 0.224 e. The Morgan fingerprint density at radius 3 is 2.52 bits per heavy atom. The van der Waals surface area contributed by atoms with E-state index in [1.807, 2.05) is 30.3 Å². The number of carbonyl (C=O) groups is 1. The first-order chi connectivity index (χ1) is 11.1. The molecular formula is C18H20ClNO3. The van der Waals surface area contributed by atoms with Crippen molar-refractivity contribution in [3.05, 3.63) is 58.6 Å². The van der Waals surface area contributed by atoms with E-state index < -0.39 is 0 Å². The van der Waals surface area contributed by atoms with Gasteiger partial charge in [0.15, 0.2) is 11.5 Å². The summed E-state index contributed by atoms with van der Waals surface area (Å²) in [5, 5.41) is 3.55. The van der Waals surface area contributed by atoms with Crippen LogP contribution < -0.4 is 14.8 Å². The number of hydrogen-bond acceptors (Lipinski definition) is 3. The highest BCUT2D eigenvalue weighted by Crippen LogP contribution is 2.27. The lowest BCUT2D eigenvalue weighted by Crippen LogP contribution is -2.27. The van der Waals surface area contributed by atoms with Crippen LogP contribution >= 0.6 is 11.6 Å². The van der Waals surface area contributed by atoms with Gasteiger partial charge in [0.2, 0.25) is 5.91 Å². The van der Waals surface area contributed by atoms with Crippen LogP contribution in [0, 0.1) is 0 Å². The molecule has 0 atom stereocenters. The number of halogens is 1. The van der Waals surface area contributed by atoms with E-state index in [0.29, 0.717) is 29.5 Å². The van der Waals surface area contributed by atoms with Gasteiger partial charge in [-0.25, -0.2) is 0 Å². The fraction of sp³-hybridized carbons (Fsp3) is 0.278. The molecule has 5 heteroatoms. The summed E-state index contributed by atoms with van der Waals surface area (Å²) in [5.74, 6) is 1.37. The quantitative estimate of drug-likeness (QED) is 0.846. The minimum Gasteiger partial charge on any atom is -0.493 e. The molecule has 0 heterocycles. The number of carbonyl (C=O) groups excluding carboxylic acids is 1. The average Bonchev–Trinajstić information content (AvgIpc) is 2.54. The molecule has 0 aliphatic rings. The number of methoxy groups -OCH3 is 2. The molecule has 122 valence electrons. The Labute approximate surface area is 141 Å². The summed E-state index contributed by atoms with van der Waals surface area (Å²) in [6.07, 6.45) is 1.05. The van der Waals surface area contributed by atoms with E-state index in [1.165, 1.54) is 0 Å². The summed E-state index contributed by atoms with van der Waals surface area (Å²) >= 11 is 5.91. The zero-order chi connectivity index (χ0) is 16.7. The third-order valence-corrected chi connectivity index (χ3v) is 3.67. The van der Waals surface area contributed by atoms with Crippen LogP contribution in [0.15, 0.2) is 42.5 Å². The number of amides is 1. The molecule has 4 nitrogen and oxygen atoms in total. The van der Waals surface area contributed by atoms with E-state index in [2.05, 4.69) is 5.32 Å². The van der Waals surface area contributed by atoms with Gasteiger partial charge in [-0.1, -0.05) is 29.8 Å². The number of hydrogen-bond donors (Lipinski definition) is 1. The Morgan fingerprint density at radius 2 is 1.83 bits per heavy atom. The SMILES string of the molecule is COc1ccc(CCNC(=O)Cc2cccc(Cl)c2)cc1OC. The first-order valence-electron chi connectivity index (χ1n) is 7.34. The van der Waals surface area contributed by atoms with Crippen molar-refractivity contribution in [3.8, 4) is 11.5 Å². The predicted molar refractivity (Wildman–Crippen MR) is 91.4 cm³/mol. The van der Waals surface area contributed by atoms with Crippen LogP contribution in [0.25, 0.3) is 0 Å². The zero-order valence-corrected chi connectivity index (χ0v) is 14.0. The molecule has 1 amide bonds. The van der Waals surface area contributed by atoms with Crippen molar-refractivity contribution >= 4 is 17.5 Å². The Kier molecular flexibility index (Phi) is 6.29. The van der Waals surface area contributed by atoms with E-state index in [4.69, 9.17) is 21.1 Å². The van der Waals surface area contributed by atoms with E-state index in [1.54, 1.807) is 26.4 Å². The van der Waals surface area contributed by atoms with Crippen molar-refractivity contribution in [1.82, 2.24) is 5.32 Å². The van der Waals surface area contributed by atoms with Crippen LogP contribution in [-0.2, 0) is 17.6 Å². The second-order valence-electron chi connectivity index (χ2n) is 5.10. The number of benzene rings is 2. The average molecular weight is 334 g/mol. The lowest BCUT2D eigenvalue weighted by molar-refractivity contribution is -0.120. The van der Waals surface area contributed by atoms with Crippen molar-refractivity contribution in [2.45, 2.75) is 12.8 Å². The second-order valence-corrected chi connectivity index (χ2v) is 5.53. The monoisotopic (exact) mass is 333 g/mol. The Morgan fingerprint density at radius 1 is 1.04 bits per heavy atom. The fourth-order valence-corrected chi connectivity index (χ4v) is 2.49. The molecule has 0 saturated carbocycles. The molecule has 0 aliphatic heterocycles. The third-order valence-electron chi connectivity index (χ3n) is 3.44. The summed E-state index contributed by atoms with van der Waals surface area (Å²) < 4.78 is 10.5. The molecule has 0 aliphatic carbocycles. The van der Waals surface area contributed by atoms with Crippen molar-refractivity contribution in [2.75, 3.05) is 20.8 Å². The normalized spacial score (nSPS) is 10.2. The minimum absolute atomic E-state index is 0.0206. The van der Waals surface area contributed by atoms with Crippen molar-refractivity contribution in [2.24, 2.45) is 0 Å². The van der Waals surface area contributed by atoms with E-state index in [9.17, 15) is 4.79 Å². The molecule has 2 rings (SSSR count). The number of ether oxygens (including phenoxy) is 2. The Balaban J connectivity index is 1.83. The molecule has 0 aromatic heterocycles. The number of nitrogens with one attached hydrogen (secondary N) is 1. The molecule has 0 fully saturated rings. The second kappa shape index (κ2) is 8.44. The van der Waals surface area contributed by atoms with E-state index in [0.717, 1.165) is 17.5 Å². The molecule has 0 unspecified atom stereocenters. The van der Waals surface area contributed by atoms with Crippen LogP contribution in [0.5, 0.6) is 11.5 Å². The fourth-order valence-electron chi connectivity index (χ4n) is 2.28. The summed E-state index contributed by atoms with van der Waals surface area (Å²) in [6.45, 7) is 0.564. The number of rotatable bonds is 7. The smallest absolute Gasteiger partial charge is 0.224 e. The van der Waals surface area contributed by atoms with Gasteiger partial charge in [-0.05, 0) is 41.8 Å². The van der Waals surface area contributed by atoms with Crippen molar-refractivity contribution < 1.29 is 14.3 Å². The minimum atomic E-state index is -0.0206. The van der Waals surface area contributed by atoms with Gasteiger partial charge in [-0.15, -0.1) is 0 Å². The molecule has 2 aromatic carbocycles. The van der Waals surface area contributed by atoms with Gasteiger partial charge in [0.25, 0.3) is 0 Å². The molecule has 2 aromatic rings. The molecule has 0 bridgehead atoms. The highest BCUT2D eigenvalue weighted by Gasteiger charge is 2.06. The van der Waals surface area contributed by atoms with Gasteiger partial charge >= 0.3 is 0 Å². The van der Waals surface area contributed by atoms with Crippen LogP contribution in [0.2, 0.25) is 5.02 Å². The van der Waals surface area contributed by atoms with Gasteiger partial charge in [-0.2, -0.15) is 0 Å². The largest absolute Gasteiger partial charge is 0.493 e. The lowest BCUT2D eigenvalue weighted by Gasteiger charge is -2.10. The molecule has 23 heavy (non-hydrogen) atoms. The van der Waals surface area contributed by atoms with Crippen LogP contribution in [0.4, 0.5) is 0 Å². The first kappa shape index (κ1) is 17.2. The summed E-state index contributed by atoms with van der Waals surface area (Å²) in [4.78, 5) is 11.9. The lowest BCUT2D eigenvalue weighted by atomic mass is 10.1. The van der Waals surface area contributed by atoms with E-state index in [-0.39, 0.29) is 5.91 Å². The van der Waals surface area contributed by atoms with Crippen molar-refractivity contribution in [1.29, 1.82) is 0 Å². The van der Waals surface area contributed by atoms with Gasteiger partial charge < -0.3 is 14.8 Å². The predicted octanol–water partition coefficient (Wildman–Crippen LogP) is 3.26. The van der Waals surface area contributed by atoms with E-state index >= 15 is 0 Å². The highest BCUT2D eigenvalue weighted by molar-refractivity contribution is 6.30. The Hall–Kier alpha value is -2.20. The van der Waals surface area contributed by atoms with Gasteiger partial charge in [0.05, 0.1) is 20.6 Å². The molecule has 0 spiro atoms. The summed E-state index contributed by atoms with van der Waals surface area (Å²) in [6, 6.07) is 13.1. The third kappa shape index (κ3) is 5.18. The van der Waals surface area contributed by atoms with Gasteiger partial charge in [0.1, 0.15) is 0 Å². The van der Waals surface area contributed by atoms with Crippen LogP contribution in [-0.4, -0.2) is 26.7 Å². The molecule has 0 saturated heterocycles. The molecule has 0 radical (unpaired) electrons. The first-order valence-corrected chi connectivity index (χ1v) is 7.72. The Bertz CT molecular complexity index is 673. The summed E-state index contributed by atoms with van der Waals surface area (Å²) in [7, 11) is 3.21.